The molecule has 0 aliphatic carbocycles. The van der Waals surface area contributed by atoms with Gasteiger partial charge in [0.05, 0.1) is 13.7 Å². The van der Waals surface area contributed by atoms with Crippen molar-refractivity contribution in [2.45, 2.75) is 19.4 Å². The molecule has 0 aliphatic heterocycles. The van der Waals surface area contributed by atoms with Gasteiger partial charge in [0.1, 0.15) is 11.3 Å². The zero-order valence-electron chi connectivity index (χ0n) is 11.2. The van der Waals surface area contributed by atoms with Crippen molar-refractivity contribution in [3.05, 3.63) is 24.3 Å². The summed E-state index contributed by atoms with van der Waals surface area (Å²) in [6.07, 6.45) is 0. The van der Waals surface area contributed by atoms with E-state index < -0.39 is 11.5 Å². The number of aliphatic carboxylic acids is 1. The van der Waals surface area contributed by atoms with E-state index in [0.29, 0.717) is 11.4 Å². The van der Waals surface area contributed by atoms with Gasteiger partial charge in [-0.3, -0.25) is 14.9 Å². The van der Waals surface area contributed by atoms with Gasteiger partial charge in [-0.05, 0) is 26.0 Å². The fourth-order valence-electron chi connectivity index (χ4n) is 1.28. The predicted octanol–water partition coefficient (Wildman–Crippen LogP) is 1.09. The lowest BCUT2D eigenvalue weighted by Gasteiger charge is -2.20. The van der Waals surface area contributed by atoms with Crippen molar-refractivity contribution in [1.29, 1.82) is 0 Å². The first-order valence-corrected chi connectivity index (χ1v) is 5.77. The quantitative estimate of drug-likeness (QED) is 0.717. The number of benzene rings is 1. The Bertz CT molecular complexity index is 471. The van der Waals surface area contributed by atoms with Crippen molar-refractivity contribution in [2.24, 2.45) is 0 Å². The third-order valence-corrected chi connectivity index (χ3v) is 2.58. The molecule has 0 heterocycles. The molecular formula is C13H18N2O4. The second-order valence-electron chi connectivity index (χ2n) is 4.56. The van der Waals surface area contributed by atoms with Crippen LogP contribution in [-0.2, 0) is 9.59 Å². The van der Waals surface area contributed by atoms with Crippen LogP contribution in [0.25, 0.3) is 0 Å². The highest BCUT2D eigenvalue weighted by atomic mass is 16.5. The molecule has 0 atom stereocenters. The smallest absolute Gasteiger partial charge is 0.323 e. The average molecular weight is 266 g/mol. The van der Waals surface area contributed by atoms with E-state index in [1.54, 1.807) is 24.3 Å². The summed E-state index contributed by atoms with van der Waals surface area (Å²) >= 11 is 0. The van der Waals surface area contributed by atoms with Crippen LogP contribution in [0.1, 0.15) is 13.8 Å². The lowest BCUT2D eigenvalue weighted by Crippen LogP contribution is -2.49. The molecule has 6 heteroatoms. The Kier molecular flexibility index (Phi) is 4.88. The number of rotatable bonds is 6. The lowest BCUT2D eigenvalue weighted by molar-refractivity contribution is -0.143. The zero-order chi connectivity index (χ0) is 14.5. The fourth-order valence-corrected chi connectivity index (χ4v) is 1.28. The van der Waals surface area contributed by atoms with Crippen molar-refractivity contribution in [3.63, 3.8) is 0 Å². The van der Waals surface area contributed by atoms with Gasteiger partial charge in [-0.2, -0.15) is 0 Å². The number of ether oxygens (including phenoxy) is 1. The summed E-state index contributed by atoms with van der Waals surface area (Å²) in [4.78, 5) is 22.5. The van der Waals surface area contributed by atoms with E-state index in [2.05, 4.69) is 10.6 Å². The van der Waals surface area contributed by atoms with E-state index in [1.807, 2.05) is 0 Å². The number of carboxylic acid groups (broad SMARTS) is 1. The molecule has 1 aromatic rings. The number of carbonyl (C=O) groups excluding carboxylic acids is 1. The normalized spacial score (nSPS) is 10.9. The molecule has 0 bridgehead atoms. The molecule has 104 valence electrons. The minimum absolute atomic E-state index is 0.0868. The highest BCUT2D eigenvalue weighted by Gasteiger charge is 2.26. The number of amides is 1. The van der Waals surface area contributed by atoms with Gasteiger partial charge in [0.25, 0.3) is 0 Å². The summed E-state index contributed by atoms with van der Waals surface area (Å²) in [5, 5.41) is 14.2. The lowest BCUT2D eigenvalue weighted by atomic mass is 10.1. The van der Waals surface area contributed by atoms with Crippen molar-refractivity contribution >= 4 is 17.6 Å². The molecule has 0 aromatic heterocycles. The largest absolute Gasteiger partial charge is 0.497 e. The van der Waals surface area contributed by atoms with E-state index in [0.717, 1.165) is 0 Å². The maximum atomic E-state index is 11.7. The van der Waals surface area contributed by atoms with Crippen molar-refractivity contribution in [1.82, 2.24) is 5.32 Å². The Hall–Kier alpha value is -2.08. The monoisotopic (exact) mass is 266 g/mol. The zero-order valence-corrected chi connectivity index (χ0v) is 11.2. The van der Waals surface area contributed by atoms with Crippen LogP contribution in [0.2, 0.25) is 0 Å². The van der Waals surface area contributed by atoms with Gasteiger partial charge < -0.3 is 15.2 Å². The Morgan fingerprint density at radius 2 is 2.05 bits per heavy atom. The first kappa shape index (κ1) is 15.0. The van der Waals surface area contributed by atoms with Gasteiger partial charge in [0.2, 0.25) is 5.91 Å². The molecule has 0 saturated heterocycles. The summed E-state index contributed by atoms with van der Waals surface area (Å²) in [5.74, 6) is -0.694. The topological polar surface area (TPSA) is 87.7 Å². The molecule has 19 heavy (non-hydrogen) atoms. The van der Waals surface area contributed by atoms with Crippen LogP contribution in [0, 0.1) is 0 Å². The molecule has 0 radical (unpaired) electrons. The number of hydrogen-bond acceptors (Lipinski definition) is 4. The molecule has 1 aromatic carbocycles. The summed E-state index contributed by atoms with van der Waals surface area (Å²) in [6.45, 7) is 2.90. The second-order valence-corrected chi connectivity index (χ2v) is 4.56. The van der Waals surface area contributed by atoms with E-state index in [-0.39, 0.29) is 12.5 Å². The first-order valence-electron chi connectivity index (χ1n) is 5.77. The van der Waals surface area contributed by atoms with Crippen LogP contribution in [0.3, 0.4) is 0 Å². The van der Waals surface area contributed by atoms with Crippen LogP contribution in [0.5, 0.6) is 5.75 Å². The molecule has 0 fully saturated rings. The summed E-state index contributed by atoms with van der Waals surface area (Å²) < 4.78 is 5.04. The van der Waals surface area contributed by atoms with Crippen LogP contribution >= 0.6 is 0 Å². The minimum atomic E-state index is -1.15. The number of carbonyl (C=O) groups is 2. The van der Waals surface area contributed by atoms with Gasteiger partial charge in [-0.25, -0.2) is 0 Å². The number of methoxy groups -OCH3 is 1. The van der Waals surface area contributed by atoms with Crippen LogP contribution < -0.4 is 15.4 Å². The molecule has 0 saturated carbocycles. The van der Waals surface area contributed by atoms with Crippen molar-refractivity contribution < 1.29 is 19.4 Å². The Morgan fingerprint density at radius 1 is 1.37 bits per heavy atom. The third kappa shape index (κ3) is 4.59. The molecule has 0 aliphatic rings. The number of anilines is 1. The molecule has 1 rings (SSSR count). The van der Waals surface area contributed by atoms with E-state index in [4.69, 9.17) is 9.84 Å². The van der Waals surface area contributed by atoms with E-state index in [9.17, 15) is 9.59 Å². The molecule has 6 nitrogen and oxygen atoms in total. The predicted molar refractivity (Wildman–Crippen MR) is 71.3 cm³/mol. The fraction of sp³-hybridized carbons (Fsp3) is 0.385. The van der Waals surface area contributed by atoms with Crippen LogP contribution in [-0.4, -0.2) is 36.2 Å². The highest BCUT2D eigenvalue weighted by Crippen LogP contribution is 2.16. The molecule has 1 amide bonds. The van der Waals surface area contributed by atoms with Crippen molar-refractivity contribution in [3.8, 4) is 5.75 Å². The maximum Gasteiger partial charge on any atom is 0.323 e. The number of hydrogen-bond donors (Lipinski definition) is 3. The third-order valence-electron chi connectivity index (χ3n) is 2.58. The Labute approximate surface area is 111 Å². The van der Waals surface area contributed by atoms with Crippen LogP contribution in [0.15, 0.2) is 24.3 Å². The molecular weight excluding hydrogens is 248 g/mol. The Balaban J connectivity index is 2.54. The van der Waals surface area contributed by atoms with Crippen LogP contribution in [0.4, 0.5) is 5.69 Å². The minimum Gasteiger partial charge on any atom is -0.497 e. The highest BCUT2D eigenvalue weighted by molar-refractivity contribution is 5.93. The standard InChI is InChI=1S/C13H18N2O4/c1-13(2,12(17)18)14-8-11(16)15-9-5-4-6-10(7-9)19-3/h4-7,14H,8H2,1-3H3,(H,15,16)(H,17,18). The Morgan fingerprint density at radius 3 is 2.63 bits per heavy atom. The molecule has 0 spiro atoms. The SMILES string of the molecule is COc1cccc(NC(=O)CNC(C)(C)C(=O)O)c1. The second kappa shape index (κ2) is 6.19. The first-order chi connectivity index (χ1) is 8.85. The van der Waals surface area contributed by atoms with Gasteiger partial charge in [-0.1, -0.05) is 6.07 Å². The summed E-state index contributed by atoms with van der Waals surface area (Å²) in [7, 11) is 1.54. The summed E-state index contributed by atoms with van der Waals surface area (Å²) in [5.41, 5.74) is -0.551. The van der Waals surface area contributed by atoms with Gasteiger partial charge in [-0.15, -0.1) is 0 Å². The maximum absolute atomic E-state index is 11.7. The number of nitrogens with one attached hydrogen (secondary N) is 2. The number of carboxylic acids is 1. The van der Waals surface area contributed by atoms with Gasteiger partial charge in [0, 0.05) is 11.8 Å². The van der Waals surface area contributed by atoms with Gasteiger partial charge in [0.15, 0.2) is 0 Å². The van der Waals surface area contributed by atoms with Gasteiger partial charge >= 0.3 is 5.97 Å². The molecule has 3 N–H and O–H groups in total. The van der Waals surface area contributed by atoms with E-state index >= 15 is 0 Å². The van der Waals surface area contributed by atoms with E-state index in [1.165, 1.54) is 21.0 Å². The van der Waals surface area contributed by atoms with Crippen molar-refractivity contribution in [2.75, 3.05) is 19.0 Å². The summed E-state index contributed by atoms with van der Waals surface area (Å²) in [6, 6.07) is 6.92. The average Bonchev–Trinajstić information content (AvgIpc) is 2.36. The molecule has 0 unspecified atom stereocenters.